The van der Waals surface area contributed by atoms with Gasteiger partial charge < -0.3 is 0 Å². The van der Waals surface area contributed by atoms with Crippen molar-refractivity contribution in [1.29, 1.82) is 0 Å². The number of aromatic nitrogens is 3. The summed E-state index contributed by atoms with van der Waals surface area (Å²) in [5, 5.41) is 7.73. The van der Waals surface area contributed by atoms with Crippen LogP contribution in [-0.4, -0.2) is 39.3 Å². The van der Waals surface area contributed by atoms with Gasteiger partial charge in [0.1, 0.15) is 5.82 Å². The van der Waals surface area contributed by atoms with Crippen molar-refractivity contribution in [2.24, 2.45) is 0 Å². The predicted molar refractivity (Wildman–Crippen MR) is 47.3 cm³/mol. The van der Waals surface area contributed by atoms with Crippen LogP contribution in [0.4, 0.5) is 0 Å². The molecule has 6 nitrogen and oxygen atoms in total. The lowest BCUT2D eigenvalue weighted by Gasteiger charge is -2.24. The first-order valence-corrected chi connectivity index (χ1v) is 4.61. The second-order valence-electron chi connectivity index (χ2n) is 3.19. The summed E-state index contributed by atoms with van der Waals surface area (Å²) in [6, 6.07) is 0. The van der Waals surface area contributed by atoms with Crippen molar-refractivity contribution >= 4 is 5.91 Å². The van der Waals surface area contributed by atoms with Gasteiger partial charge in [-0.2, -0.15) is 0 Å². The number of carbonyl (C=O) groups excluding carboxylic acids is 1. The van der Waals surface area contributed by atoms with E-state index in [1.165, 1.54) is 5.06 Å². The molecule has 0 atom stereocenters. The van der Waals surface area contributed by atoms with Crippen LogP contribution in [0.25, 0.3) is 0 Å². The summed E-state index contributed by atoms with van der Waals surface area (Å²) in [6.45, 7) is 2.96. The lowest BCUT2D eigenvalue weighted by molar-refractivity contribution is -0.144. The number of amides is 1. The van der Waals surface area contributed by atoms with E-state index in [1.807, 2.05) is 0 Å². The number of H-pyrrole nitrogens is 1. The topological polar surface area (TPSA) is 71.1 Å². The van der Waals surface area contributed by atoms with Crippen molar-refractivity contribution in [2.45, 2.75) is 19.8 Å². The van der Waals surface area contributed by atoms with Gasteiger partial charge in [0.2, 0.25) is 5.82 Å². The lowest BCUT2D eigenvalue weighted by atomic mass is 10.3. The molecule has 76 valence electrons. The van der Waals surface area contributed by atoms with Gasteiger partial charge in [-0.15, -0.1) is 5.10 Å². The highest BCUT2D eigenvalue weighted by atomic mass is 16.7. The van der Waals surface area contributed by atoms with Crippen LogP contribution in [0.5, 0.6) is 0 Å². The van der Waals surface area contributed by atoms with Crippen molar-refractivity contribution in [3.8, 4) is 0 Å². The lowest BCUT2D eigenvalue weighted by Crippen LogP contribution is -2.36. The first-order chi connectivity index (χ1) is 6.77. The second kappa shape index (κ2) is 3.75. The van der Waals surface area contributed by atoms with Gasteiger partial charge in [0.15, 0.2) is 0 Å². The van der Waals surface area contributed by atoms with E-state index in [9.17, 15) is 4.79 Å². The van der Waals surface area contributed by atoms with Crippen LogP contribution < -0.4 is 0 Å². The number of aromatic amines is 1. The highest BCUT2D eigenvalue weighted by molar-refractivity contribution is 5.89. The van der Waals surface area contributed by atoms with Crippen molar-refractivity contribution < 1.29 is 9.63 Å². The molecule has 1 aromatic heterocycles. The summed E-state index contributed by atoms with van der Waals surface area (Å²) in [4.78, 5) is 20.8. The van der Waals surface area contributed by atoms with Crippen LogP contribution in [0.15, 0.2) is 0 Å². The predicted octanol–water partition coefficient (Wildman–Crippen LogP) is 0.281. The summed E-state index contributed by atoms with van der Waals surface area (Å²) in [6.07, 6.45) is 1.96. The first-order valence-electron chi connectivity index (χ1n) is 4.61. The number of hydrogen-bond acceptors (Lipinski definition) is 4. The molecule has 0 spiro atoms. The van der Waals surface area contributed by atoms with E-state index in [2.05, 4.69) is 15.2 Å². The molecule has 1 amide bonds. The Balaban J connectivity index is 2.07. The van der Waals surface area contributed by atoms with Gasteiger partial charge in [-0.3, -0.25) is 14.7 Å². The Morgan fingerprint density at radius 2 is 2.43 bits per heavy atom. The third-order valence-corrected chi connectivity index (χ3v) is 2.02. The zero-order valence-corrected chi connectivity index (χ0v) is 7.99. The molecule has 0 radical (unpaired) electrons. The van der Waals surface area contributed by atoms with Crippen LogP contribution in [0.1, 0.15) is 29.3 Å². The van der Waals surface area contributed by atoms with E-state index in [-0.39, 0.29) is 11.7 Å². The Bertz CT molecular complexity index is 330. The minimum Gasteiger partial charge on any atom is -0.271 e. The van der Waals surface area contributed by atoms with Gasteiger partial charge in [0, 0.05) is 6.54 Å². The maximum atomic E-state index is 11.7. The van der Waals surface area contributed by atoms with E-state index in [0.29, 0.717) is 19.0 Å². The van der Waals surface area contributed by atoms with E-state index in [1.54, 1.807) is 6.92 Å². The average molecular weight is 196 g/mol. The number of aryl methyl sites for hydroxylation is 1. The molecular formula is C8H12N4O2. The number of hydroxylamine groups is 2. The molecule has 0 unspecified atom stereocenters. The highest BCUT2D eigenvalue weighted by Crippen LogP contribution is 2.08. The fourth-order valence-corrected chi connectivity index (χ4v) is 1.31. The van der Waals surface area contributed by atoms with Gasteiger partial charge in [-0.05, 0) is 19.8 Å². The number of carbonyl (C=O) groups is 1. The molecule has 2 heterocycles. The highest BCUT2D eigenvalue weighted by Gasteiger charge is 2.22. The monoisotopic (exact) mass is 196 g/mol. The fraction of sp³-hybridized carbons (Fsp3) is 0.625. The van der Waals surface area contributed by atoms with Gasteiger partial charge in [-0.1, -0.05) is 0 Å². The molecule has 1 saturated heterocycles. The van der Waals surface area contributed by atoms with Gasteiger partial charge >= 0.3 is 5.91 Å². The van der Waals surface area contributed by atoms with Gasteiger partial charge in [0.25, 0.3) is 0 Å². The fourth-order valence-electron chi connectivity index (χ4n) is 1.31. The molecule has 1 fully saturated rings. The molecule has 1 aliphatic rings. The summed E-state index contributed by atoms with van der Waals surface area (Å²) in [5.41, 5.74) is 0. The van der Waals surface area contributed by atoms with Gasteiger partial charge in [-0.25, -0.2) is 10.0 Å². The Labute approximate surface area is 81.2 Å². The molecule has 0 aliphatic carbocycles. The Kier molecular flexibility index (Phi) is 2.45. The third kappa shape index (κ3) is 1.74. The number of nitrogens with zero attached hydrogens (tertiary/aromatic N) is 3. The molecule has 6 heteroatoms. The molecule has 14 heavy (non-hydrogen) atoms. The quantitative estimate of drug-likeness (QED) is 0.700. The number of nitrogens with one attached hydrogen (secondary N) is 1. The zero-order chi connectivity index (χ0) is 9.97. The number of hydrogen-bond donors (Lipinski definition) is 1. The second-order valence-corrected chi connectivity index (χ2v) is 3.19. The Morgan fingerprint density at radius 3 is 3.00 bits per heavy atom. The largest absolute Gasteiger partial charge is 0.317 e. The van der Waals surface area contributed by atoms with Crippen LogP contribution in [0.2, 0.25) is 0 Å². The normalized spacial score (nSPS) is 17.1. The molecule has 2 rings (SSSR count). The maximum absolute atomic E-state index is 11.7. The van der Waals surface area contributed by atoms with Crippen LogP contribution in [-0.2, 0) is 4.84 Å². The minimum absolute atomic E-state index is 0.171. The van der Waals surface area contributed by atoms with Crippen molar-refractivity contribution in [3.63, 3.8) is 0 Å². The van der Waals surface area contributed by atoms with Crippen LogP contribution in [0.3, 0.4) is 0 Å². The van der Waals surface area contributed by atoms with Gasteiger partial charge in [0.05, 0.1) is 6.61 Å². The van der Waals surface area contributed by atoms with E-state index < -0.39 is 0 Å². The Morgan fingerprint density at radius 1 is 1.57 bits per heavy atom. The van der Waals surface area contributed by atoms with Crippen LogP contribution in [0, 0.1) is 6.92 Å². The first kappa shape index (κ1) is 9.14. The third-order valence-electron chi connectivity index (χ3n) is 2.02. The maximum Gasteiger partial charge on any atom is 0.317 e. The molecule has 1 aliphatic heterocycles. The molecule has 1 N–H and O–H groups in total. The summed E-state index contributed by atoms with van der Waals surface area (Å²) in [5.74, 6) is 0.531. The molecule has 0 saturated carbocycles. The molecule has 0 bridgehead atoms. The summed E-state index contributed by atoms with van der Waals surface area (Å²) >= 11 is 0. The van der Waals surface area contributed by atoms with Crippen LogP contribution >= 0.6 is 0 Å². The smallest absolute Gasteiger partial charge is 0.271 e. The van der Waals surface area contributed by atoms with E-state index >= 15 is 0 Å². The standard InChI is InChI=1S/C8H12N4O2/c1-6-9-7(11-10-6)8(13)12-4-2-3-5-14-12/h2-5H2,1H3,(H,9,10,11). The summed E-state index contributed by atoms with van der Waals surface area (Å²) in [7, 11) is 0. The van der Waals surface area contributed by atoms with E-state index in [4.69, 9.17) is 4.84 Å². The van der Waals surface area contributed by atoms with Crippen molar-refractivity contribution in [2.75, 3.05) is 13.2 Å². The van der Waals surface area contributed by atoms with Crippen molar-refractivity contribution in [1.82, 2.24) is 20.2 Å². The SMILES string of the molecule is Cc1nc(C(=O)N2CCCCO2)n[nH]1. The molecule has 1 aromatic rings. The zero-order valence-electron chi connectivity index (χ0n) is 7.99. The minimum atomic E-state index is -0.269. The van der Waals surface area contributed by atoms with Crippen molar-refractivity contribution in [3.05, 3.63) is 11.6 Å². The summed E-state index contributed by atoms with van der Waals surface area (Å²) < 4.78 is 0. The molecular weight excluding hydrogens is 184 g/mol. The molecule has 0 aromatic carbocycles. The Hall–Kier alpha value is -1.43. The van der Waals surface area contributed by atoms with E-state index in [0.717, 1.165) is 12.8 Å². The number of rotatable bonds is 1. The average Bonchev–Trinajstić information content (AvgIpc) is 2.65.